The van der Waals surface area contributed by atoms with Crippen LogP contribution in [0.25, 0.3) is 0 Å². The van der Waals surface area contributed by atoms with Crippen molar-refractivity contribution >= 4 is 11.8 Å². The number of carbonyl (C=O) groups excluding carboxylic acids is 2. The van der Waals surface area contributed by atoms with E-state index < -0.39 is 0 Å². The van der Waals surface area contributed by atoms with E-state index in [1.165, 1.54) is 11.1 Å². The molecule has 3 N–H and O–H groups in total. The van der Waals surface area contributed by atoms with Gasteiger partial charge in [-0.15, -0.1) is 0 Å². The second kappa shape index (κ2) is 11.2. The fourth-order valence-corrected chi connectivity index (χ4v) is 5.66. The molecule has 1 aromatic rings. The SMILES string of the molecule is Cc1ccc(CN(CC(C)C)C2CCN(C(=O)C3CC3)[C@@H](C(=O)NC3CCC(N)CC3)C2)cc1. The fourth-order valence-electron chi connectivity index (χ4n) is 5.66. The molecule has 1 unspecified atom stereocenters. The van der Waals surface area contributed by atoms with Gasteiger partial charge in [0.15, 0.2) is 0 Å². The summed E-state index contributed by atoms with van der Waals surface area (Å²) in [5, 5.41) is 3.30. The van der Waals surface area contributed by atoms with Crippen LogP contribution < -0.4 is 11.1 Å². The van der Waals surface area contributed by atoms with Crippen molar-refractivity contribution < 1.29 is 9.59 Å². The van der Waals surface area contributed by atoms with Gasteiger partial charge in [-0.25, -0.2) is 0 Å². The lowest BCUT2D eigenvalue weighted by Crippen LogP contribution is -2.59. The molecule has 3 aliphatic rings. The van der Waals surface area contributed by atoms with E-state index in [0.29, 0.717) is 18.5 Å². The molecule has 34 heavy (non-hydrogen) atoms. The number of aryl methyl sites for hydroxylation is 1. The van der Waals surface area contributed by atoms with Crippen LogP contribution in [0.2, 0.25) is 0 Å². The lowest BCUT2D eigenvalue weighted by Gasteiger charge is -2.44. The van der Waals surface area contributed by atoms with Gasteiger partial charge in [0.2, 0.25) is 11.8 Å². The average molecular weight is 469 g/mol. The molecule has 0 spiro atoms. The van der Waals surface area contributed by atoms with Crippen LogP contribution in [0.4, 0.5) is 0 Å². The molecule has 0 aromatic heterocycles. The average Bonchev–Trinajstić information content (AvgIpc) is 3.66. The topological polar surface area (TPSA) is 78.7 Å². The Hall–Kier alpha value is -1.92. The van der Waals surface area contributed by atoms with Crippen molar-refractivity contribution in [2.45, 2.75) is 103 Å². The Bertz CT molecular complexity index is 827. The van der Waals surface area contributed by atoms with E-state index in [0.717, 1.165) is 64.5 Å². The molecule has 3 fully saturated rings. The van der Waals surface area contributed by atoms with Crippen LogP contribution in [0, 0.1) is 18.8 Å². The van der Waals surface area contributed by atoms with E-state index in [1.807, 2.05) is 4.90 Å². The molecule has 0 bridgehead atoms. The van der Waals surface area contributed by atoms with Gasteiger partial charge in [-0.05, 0) is 69.8 Å². The Balaban J connectivity index is 1.48. The number of piperidine rings is 1. The first-order chi connectivity index (χ1) is 16.3. The Morgan fingerprint density at radius 2 is 1.74 bits per heavy atom. The first kappa shape index (κ1) is 25.2. The summed E-state index contributed by atoms with van der Waals surface area (Å²) in [7, 11) is 0. The quantitative estimate of drug-likeness (QED) is 0.611. The van der Waals surface area contributed by atoms with Gasteiger partial charge >= 0.3 is 0 Å². The van der Waals surface area contributed by atoms with Gasteiger partial charge in [0.25, 0.3) is 0 Å². The molecule has 1 aliphatic heterocycles. The molecular formula is C28H44N4O2. The summed E-state index contributed by atoms with van der Waals surface area (Å²) in [6, 6.07) is 9.14. The summed E-state index contributed by atoms with van der Waals surface area (Å²) in [5.41, 5.74) is 8.64. The maximum absolute atomic E-state index is 13.5. The number of amides is 2. The zero-order valence-corrected chi connectivity index (χ0v) is 21.3. The summed E-state index contributed by atoms with van der Waals surface area (Å²) in [5.74, 6) is 0.909. The minimum atomic E-state index is -0.366. The molecule has 4 rings (SSSR count). The highest BCUT2D eigenvalue weighted by atomic mass is 16.2. The van der Waals surface area contributed by atoms with Crippen molar-refractivity contribution in [3.63, 3.8) is 0 Å². The van der Waals surface area contributed by atoms with Crippen molar-refractivity contribution in [2.24, 2.45) is 17.6 Å². The molecule has 188 valence electrons. The molecule has 1 heterocycles. The molecule has 2 atom stereocenters. The molecule has 2 aliphatic carbocycles. The molecular weight excluding hydrogens is 424 g/mol. The predicted octanol–water partition coefficient (Wildman–Crippen LogP) is 3.61. The lowest BCUT2D eigenvalue weighted by molar-refractivity contribution is -0.145. The van der Waals surface area contributed by atoms with Gasteiger partial charge in [-0.1, -0.05) is 43.7 Å². The summed E-state index contributed by atoms with van der Waals surface area (Å²) in [4.78, 5) is 31.1. The molecule has 6 heteroatoms. The summed E-state index contributed by atoms with van der Waals surface area (Å²) in [6.45, 7) is 9.18. The molecule has 0 radical (unpaired) electrons. The van der Waals surface area contributed by atoms with E-state index in [4.69, 9.17) is 5.73 Å². The number of nitrogens with zero attached hydrogens (tertiary/aromatic N) is 2. The Kier molecular flexibility index (Phi) is 8.30. The Morgan fingerprint density at radius 3 is 2.35 bits per heavy atom. The van der Waals surface area contributed by atoms with Crippen molar-refractivity contribution in [1.29, 1.82) is 0 Å². The number of nitrogens with one attached hydrogen (secondary N) is 1. The minimum absolute atomic E-state index is 0.0407. The van der Waals surface area contributed by atoms with Crippen molar-refractivity contribution in [3.05, 3.63) is 35.4 Å². The van der Waals surface area contributed by atoms with Crippen LogP contribution in [0.3, 0.4) is 0 Å². The standard InChI is InChI=1S/C28H44N4O2/c1-19(2)17-31(18-21-6-4-20(3)5-7-21)25-14-15-32(28(34)22-8-9-22)26(16-25)27(33)30-24-12-10-23(29)11-13-24/h4-7,19,22-26H,8-18,29H2,1-3H3,(H,30,33)/t23?,24?,25?,26-/m1/s1. The van der Waals surface area contributed by atoms with Gasteiger partial charge < -0.3 is 16.0 Å². The van der Waals surface area contributed by atoms with Gasteiger partial charge in [0, 0.05) is 43.7 Å². The van der Waals surface area contributed by atoms with Crippen molar-refractivity contribution in [2.75, 3.05) is 13.1 Å². The van der Waals surface area contributed by atoms with Gasteiger partial charge in [0.05, 0.1) is 0 Å². The molecule has 1 aromatic carbocycles. The van der Waals surface area contributed by atoms with E-state index in [-0.39, 0.29) is 35.9 Å². The third-order valence-corrected chi connectivity index (χ3v) is 7.83. The normalized spacial score (nSPS) is 27.8. The maximum Gasteiger partial charge on any atom is 0.243 e. The second-order valence-corrected chi connectivity index (χ2v) is 11.4. The fraction of sp³-hybridized carbons (Fsp3) is 0.714. The van der Waals surface area contributed by atoms with Gasteiger partial charge in [-0.3, -0.25) is 14.5 Å². The monoisotopic (exact) mass is 468 g/mol. The largest absolute Gasteiger partial charge is 0.352 e. The van der Waals surface area contributed by atoms with Crippen molar-refractivity contribution in [3.8, 4) is 0 Å². The molecule has 2 saturated carbocycles. The van der Waals surface area contributed by atoms with Crippen molar-refractivity contribution in [1.82, 2.24) is 15.1 Å². The highest BCUT2D eigenvalue weighted by Gasteiger charge is 2.43. The maximum atomic E-state index is 13.5. The number of rotatable bonds is 8. The van der Waals surface area contributed by atoms with E-state index in [2.05, 4.69) is 55.3 Å². The zero-order chi connectivity index (χ0) is 24.2. The summed E-state index contributed by atoms with van der Waals surface area (Å²) < 4.78 is 0. The number of hydrogen-bond donors (Lipinski definition) is 2. The van der Waals surface area contributed by atoms with E-state index >= 15 is 0 Å². The van der Waals surface area contributed by atoms with Crippen LogP contribution >= 0.6 is 0 Å². The second-order valence-electron chi connectivity index (χ2n) is 11.4. The number of carbonyl (C=O) groups is 2. The summed E-state index contributed by atoms with van der Waals surface area (Å²) in [6.07, 6.45) is 7.39. The Labute approximate surface area is 205 Å². The van der Waals surface area contributed by atoms with Crippen LogP contribution in [-0.4, -0.2) is 58.9 Å². The molecule has 2 amide bonds. The number of likely N-dealkylation sites (tertiary alicyclic amines) is 1. The minimum Gasteiger partial charge on any atom is -0.352 e. The third kappa shape index (κ3) is 6.60. The number of nitrogens with two attached hydrogens (primary N) is 1. The number of hydrogen-bond acceptors (Lipinski definition) is 4. The van der Waals surface area contributed by atoms with Crippen LogP contribution in [0.5, 0.6) is 0 Å². The zero-order valence-electron chi connectivity index (χ0n) is 21.3. The molecule has 1 saturated heterocycles. The Morgan fingerprint density at radius 1 is 1.06 bits per heavy atom. The van der Waals surface area contributed by atoms with Gasteiger partial charge in [0.1, 0.15) is 6.04 Å². The first-order valence-corrected chi connectivity index (χ1v) is 13.5. The smallest absolute Gasteiger partial charge is 0.243 e. The highest BCUT2D eigenvalue weighted by molar-refractivity contribution is 5.89. The van der Waals surface area contributed by atoms with E-state index in [1.54, 1.807) is 0 Å². The van der Waals surface area contributed by atoms with E-state index in [9.17, 15) is 9.59 Å². The van der Waals surface area contributed by atoms with Crippen LogP contribution in [0.15, 0.2) is 24.3 Å². The number of benzene rings is 1. The lowest BCUT2D eigenvalue weighted by atomic mass is 9.90. The summed E-state index contributed by atoms with van der Waals surface area (Å²) >= 11 is 0. The van der Waals surface area contributed by atoms with Crippen LogP contribution in [-0.2, 0) is 16.1 Å². The molecule has 6 nitrogen and oxygen atoms in total. The van der Waals surface area contributed by atoms with Crippen LogP contribution in [0.1, 0.15) is 76.3 Å². The predicted molar refractivity (Wildman–Crippen MR) is 136 cm³/mol. The first-order valence-electron chi connectivity index (χ1n) is 13.5. The third-order valence-electron chi connectivity index (χ3n) is 7.83. The highest BCUT2D eigenvalue weighted by Crippen LogP contribution is 2.34. The van der Waals surface area contributed by atoms with Gasteiger partial charge in [-0.2, -0.15) is 0 Å².